The van der Waals surface area contributed by atoms with Crippen molar-refractivity contribution in [3.8, 4) is 12.3 Å². The van der Waals surface area contributed by atoms with E-state index in [4.69, 9.17) is 6.42 Å². The monoisotopic (exact) mass is 192 g/mol. The lowest BCUT2D eigenvalue weighted by Gasteiger charge is -2.06. The van der Waals surface area contributed by atoms with E-state index in [0.29, 0.717) is 0 Å². The first-order valence-electron chi connectivity index (χ1n) is 4.01. The van der Waals surface area contributed by atoms with E-state index < -0.39 is 11.7 Å². The molecule has 0 aliphatic carbocycles. The zero-order valence-electron chi connectivity index (χ0n) is 7.62. The highest BCUT2D eigenvalue weighted by Gasteiger charge is 2.08. The molecule has 0 aliphatic rings. The molecule has 1 N–H and O–H groups in total. The molecule has 3 nitrogen and oxygen atoms in total. The number of nitrogens with zero attached hydrogens (tertiary/aromatic N) is 1. The fourth-order valence-electron chi connectivity index (χ4n) is 0.858. The standard InChI is InChI=1S/C10H9FN2O/c1-3-7(2)13-10(14)8-4-9(11)6-12-5-8/h1,4-7H,2H3,(H,13,14). The van der Waals surface area contributed by atoms with E-state index in [1.165, 1.54) is 6.20 Å². The van der Waals surface area contributed by atoms with E-state index in [1.807, 2.05) is 0 Å². The maximum absolute atomic E-state index is 12.7. The normalized spacial score (nSPS) is 11.5. The Bertz CT molecular complexity index is 384. The van der Waals surface area contributed by atoms with Gasteiger partial charge < -0.3 is 5.32 Å². The molecular formula is C10H9FN2O. The van der Waals surface area contributed by atoms with E-state index in [1.54, 1.807) is 6.92 Å². The predicted molar refractivity (Wildman–Crippen MR) is 50.0 cm³/mol. The average Bonchev–Trinajstić information content (AvgIpc) is 2.17. The largest absolute Gasteiger partial charge is 0.339 e. The number of hydrogen-bond acceptors (Lipinski definition) is 2. The van der Waals surface area contributed by atoms with E-state index in [-0.39, 0.29) is 11.6 Å². The maximum atomic E-state index is 12.7. The minimum absolute atomic E-state index is 0.159. The molecule has 1 atom stereocenters. The van der Waals surface area contributed by atoms with Gasteiger partial charge in [-0.2, -0.15) is 0 Å². The summed E-state index contributed by atoms with van der Waals surface area (Å²) in [7, 11) is 0. The number of amides is 1. The van der Waals surface area contributed by atoms with Gasteiger partial charge in [-0.05, 0) is 13.0 Å². The molecule has 0 saturated heterocycles. The van der Waals surface area contributed by atoms with Gasteiger partial charge in [-0.1, -0.05) is 5.92 Å². The van der Waals surface area contributed by atoms with Crippen LogP contribution in [0.2, 0.25) is 0 Å². The number of pyridine rings is 1. The summed E-state index contributed by atoms with van der Waals surface area (Å²) in [5, 5.41) is 2.49. The molecule has 0 radical (unpaired) electrons. The van der Waals surface area contributed by atoms with Crippen molar-refractivity contribution < 1.29 is 9.18 Å². The Morgan fingerprint density at radius 3 is 3.00 bits per heavy atom. The molecule has 1 amide bonds. The number of terminal acetylenes is 1. The Morgan fingerprint density at radius 1 is 1.71 bits per heavy atom. The van der Waals surface area contributed by atoms with Gasteiger partial charge in [-0.3, -0.25) is 9.78 Å². The van der Waals surface area contributed by atoms with Crippen LogP contribution < -0.4 is 5.32 Å². The number of aromatic nitrogens is 1. The first kappa shape index (κ1) is 10.2. The molecule has 1 heterocycles. The highest BCUT2D eigenvalue weighted by atomic mass is 19.1. The third-order valence-corrected chi connectivity index (χ3v) is 1.56. The third kappa shape index (κ3) is 2.56. The van der Waals surface area contributed by atoms with Crippen LogP contribution in [0.1, 0.15) is 17.3 Å². The summed E-state index contributed by atoms with van der Waals surface area (Å²) in [5.41, 5.74) is 0.159. The maximum Gasteiger partial charge on any atom is 0.253 e. The second-order valence-corrected chi connectivity index (χ2v) is 2.75. The van der Waals surface area contributed by atoms with Gasteiger partial charge in [-0.15, -0.1) is 6.42 Å². The topological polar surface area (TPSA) is 42.0 Å². The lowest BCUT2D eigenvalue weighted by Crippen LogP contribution is -2.31. The fourth-order valence-corrected chi connectivity index (χ4v) is 0.858. The Hall–Kier alpha value is -1.89. The van der Waals surface area contributed by atoms with Crippen LogP contribution in [0.15, 0.2) is 18.5 Å². The molecule has 0 saturated carbocycles. The van der Waals surface area contributed by atoms with E-state index in [0.717, 1.165) is 12.3 Å². The van der Waals surface area contributed by atoms with Crippen LogP contribution in [-0.2, 0) is 0 Å². The first-order valence-corrected chi connectivity index (χ1v) is 4.01. The highest BCUT2D eigenvalue weighted by molar-refractivity contribution is 5.94. The molecule has 1 aromatic rings. The highest BCUT2D eigenvalue weighted by Crippen LogP contribution is 2.00. The van der Waals surface area contributed by atoms with Crippen molar-refractivity contribution in [1.29, 1.82) is 0 Å². The second-order valence-electron chi connectivity index (χ2n) is 2.75. The molecule has 1 unspecified atom stereocenters. The molecule has 0 bridgehead atoms. The first-order chi connectivity index (χ1) is 6.63. The molecule has 0 fully saturated rings. The Balaban J connectivity index is 2.76. The van der Waals surface area contributed by atoms with Gasteiger partial charge in [0.1, 0.15) is 5.82 Å². The van der Waals surface area contributed by atoms with Crippen LogP contribution in [0.25, 0.3) is 0 Å². The van der Waals surface area contributed by atoms with Crippen molar-refractivity contribution in [3.05, 3.63) is 29.8 Å². The third-order valence-electron chi connectivity index (χ3n) is 1.56. The van der Waals surface area contributed by atoms with Gasteiger partial charge in [0.15, 0.2) is 0 Å². The van der Waals surface area contributed by atoms with Crippen molar-refractivity contribution in [2.75, 3.05) is 0 Å². The van der Waals surface area contributed by atoms with Crippen LogP contribution in [0, 0.1) is 18.2 Å². The molecule has 14 heavy (non-hydrogen) atoms. The Labute approximate surface area is 81.4 Å². The zero-order valence-corrected chi connectivity index (χ0v) is 7.62. The summed E-state index contributed by atoms with van der Waals surface area (Å²) < 4.78 is 12.7. The summed E-state index contributed by atoms with van der Waals surface area (Å²) in [4.78, 5) is 14.9. The number of halogens is 1. The number of carbonyl (C=O) groups excluding carboxylic acids is 1. The summed E-state index contributed by atoms with van der Waals surface area (Å²) in [6, 6.07) is 0.719. The quantitative estimate of drug-likeness (QED) is 0.709. The van der Waals surface area contributed by atoms with Gasteiger partial charge >= 0.3 is 0 Å². The van der Waals surface area contributed by atoms with Crippen LogP contribution in [-0.4, -0.2) is 16.9 Å². The predicted octanol–water partition coefficient (Wildman–Crippen LogP) is 0.972. The molecule has 0 aliphatic heterocycles. The number of nitrogens with one attached hydrogen (secondary N) is 1. The van der Waals surface area contributed by atoms with Crippen LogP contribution in [0.3, 0.4) is 0 Å². The van der Waals surface area contributed by atoms with Crippen LogP contribution in [0.4, 0.5) is 4.39 Å². The van der Waals surface area contributed by atoms with Crippen molar-refractivity contribution in [1.82, 2.24) is 10.3 Å². The zero-order chi connectivity index (χ0) is 10.6. The van der Waals surface area contributed by atoms with Crippen molar-refractivity contribution >= 4 is 5.91 Å². The molecule has 4 heteroatoms. The van der Waals surface area contributed by atoms with Gasteiger partial charge in [0.05, 0.1) is 17.8 Å². The Kier molecular flexibility index (Phi) is 3.19. The number of carbonyl (C=O) groups is 1. The fraction of sp³-hybridized carbons (Fsp3) is 0.200. The smallest absolute Gasteiger partial charge is 0.253 e. The SMILES string of the molecule is C#CC(C)NC(=O)c1cncc(F)c1. The van der Waals surface area contributed by atoms with E-state index >= 15 is 0 Å². The van der Waals surface area contributed by atoms with Crippen molar-refractivity contribution in [3.63, 3.8) is 0 Å². The molecule has 0 spiro atoms. The number of hydrogen-bond donors (Lipinski definition) is 1. The minimum atomic E-state index is -0.550. The summed E-state index contributed by atoms with van der Waals surface area (Å²) in [6.07, 6.45) is 7.38. The molecule has 1 rings (SSSR count). The van der Waals surface area contributed by atoms with Crippen molar-refractivity contribution in [2.24, 2.45) is 0 Å². The van der Waals surface area contributed by atoms with Crippen molar-refractivity contribution in [2.45, 2.75) is 13.0 Å². The van der Waals surface area contributed by atoms with E-state index in [2.05, 4.69) is 16.2 Å². The van der Waals surface area contributed by atoms with Gasteiger partial charge in [0, 0.05) is 6.20 Å². The van der Waals surface area contributed by atoms with Crippen LogP contribution >= 0.6 is 0 Å². The van der Waals surface area contributed by atoms with Gasteiger partial charge in [0.2, 0.25) is 0 Å². The minimum Gasteiger partial charge on any atom is -0.339 e. The molecule has 72 valence electrons. The summed E-state index contributed by atoms with van der Waals surface area (Å²) in [6.45, 7) is 1.66. The second kappa shape index (κ2) is 4.38. The summed E-state index contributed by atoms with van der Waals surface area (Å²) in [5.74, 6) is 1.36. The van der Waals surface area contributed by atoms with Crippen LogP contribution in [0.5, 0.6) is 0 Å². The lowest BCUT2D eigenvalue weighted by molar-refractivity contribution is 0.0947. The Morgan fingerprint density at radius 2 is 2.43 bits per heavy atom. The summed E-state index contributed by atoms with van der Waals surface area (Å²) >= 11 is 0. The average molecular weight is 192 g/mol. The molecular weight excluding hydrogens is 183 g/mol. The molecule has 0 aromatic carbocycles. The van der Waals surface area contributed by atoms with E-state index in [9.17, 15) is 9.18 Å². The van der Waals surface area contributed by atoms with Gasteiger partial charge in [0.25, 0.3) is 5.91 Å². The van der Waals surface area contributed by atoms with Gasteiger partial charge in [-0.25, -0.2) is 4.39 Å². The number of rotatable bonds is 2. The molecule has 1 aromatic heterocycles. The lowest BCUT2D eigenvalue weighted by atomic mass is 10.2.